The fourth-order valence-electron chi connectivity index (χ4n) is 1.87. The van der Waals surface area contributed by atoms with E-state index >= 15 is 0 Å². The third-order valence-corrected chi connectivity index (χ3v) is 3.35. The van der Waals surface area contributed by atoms with Gasteiger partial charge >= 0.3 is 0 Å². The number of hydrogen-bond donors (Lipinski definition) is 1. The van der Waals surface area contributed by atoms with Gasteiger partial charge < -0.3 is 15.2 Å². The minimum atomic E-state index is -0.207. The molecular formula is C17H20ClNO2. The zero-order valence-corrected chi connectivity index (χ0v) is 12.8. The quantitative estimate of drug-likeness (QED) is 0.833. The number of benzene rings is 2. The van der Waals surface area contributed by atoms with Crippen LogP contribution in [0.25, 0.3) is 0 Å². The first kappa shape index (κ1) is 15.7. The molecule has 0 spiro atoms. The van der Waals surface area contributed by atoms with E-state index in [0.29, 0.717) is 17.4 Å². The molecule has 4 heteroatoms. The molecule has 1 unspecified atom stereocenters. The largest absolute Gasteiger partial charge is 0.494 e. The molecule has 0 aromatic heterocycles. The molecule has 0 saturated heterocycles. The Labute approximate surface area is 130 Å². The molecule has 0 aliphatic heterocycles. The molecule has 1 atom stereocenters. The average Bonchev–Trinajstić information content (AvgIpc) is 2.52. The van der Waals surface area contributed by atoms with Crippen LogP contribution in [0.1, 0.15) is 24.9 Å². The van der Waals surface area contributed by atoms with E-state index in [0.717, 1.165) is 24.3 Å². The maximum Gasteiger partial charge on any atom is 0.137 e. The number of halogens is 1. The summed E-state index contributed by atoms with van der Waals surface area (Å²) < 4.78 is 11.2. The fraction of sp³-hybridized carbons (Fsp3) is 0.294. The summed E-state index contributed by atoms with van der Waals surface area (Å²) in [4.78, 5) is 0. The van der Waals surface area contributed by atoms with Crippen molar-refractivity contribution in [3.63, 3.8) is 0 Å². The third-order valence-electron chi connectivity index (χ3n) is 3.04. The lowest BCUT2D eigenvalue weighted by atomic mass is 10.1. The van der Waals surface area contributed by atoms with Gasteiger partial charge in [0.05, 0.1) is 17.7 Å². The second-order valence-electron chi connectivity index (χ2n) is 4.77. The Morgan fingerprint density at radius 1 is 1.05 bits per heavy atom. The Morgan fingerprint density at radius 2 is 1.76 bits per heavy atom. The molecule has 0 radical (unpaired) electrons. The van der Waals surface area contributed by atoms with E-state index < -0.39 is 0 Å². The normalized spacial score (nSPS) is 12.0. The molecule has 2 N–H and O–H groups in total. The number of para-hydroxylation sites is 1. The van der Waals surface area contributed by atoms with Crippen LogP contribution in [0, 0.1) is 0 Å². The van der Waals surface area contributed by atoms with Gasteiger partial charge in [-0.15, -0.1) is 0 Å². The van der Waals surface area contributed by atoms with Gasteiger partial charge in [0.25, 0.3) is 0 Å². The van der Waals surface area contributed by atoms with E-state index in [9.17, 15) is 0 Å². The van der Waals surface area contributed by atoms with Crippen LogP contribution in [0.4, 0.5) is 0 Å². The average molecular weight is 306 g/mol. The topological polar surface area (TPSA) is 44.5 Å². The molecule has 2 aromatic carbocycles. The van der Waals surface area contributed by atoms with Gasteiger partial charge in [-0.2, -0.15) is 0 Å². The van der Waals surface area contributed by atoms with Crippen molar-refractivity contribution in [3.05, 3.63) is 59.1 Å². The van der Waals surface area contributed by atoms with Gasteiger partial charge in [0, 0.05) is 0 Å². The predicted molar refractivity (Wildman–Crippen MR) is 86.1 cm³/mol. The molecule has 3 nitrogen and oxygen atoms in total. The number of nitrogens with two attached hydrogens (primary N) is 1. The summed E-state index contributed by atoms with van der Waals surface area (Å²) in [6, 6.07) is 15.0. The Balaban J connectivity index is 1.91. The van der Waals surface area contributed by atoms with Crippen LogP contribution in [-0.2, 0) is 0 Å². The van der Waals surface area contributed by atoms with Crippen LogP contribution in [0.5, 0.6) is 11.5 Å². The van der Waals surface area contributed by atoms with Crippen LogP contribution in [0.3, 0.4) is 0 Å². The van der Waals surface area contributed by atoms with Gasteiger partial charge in [-0.05, 0) is 36.2 Å². The highest BCUT2D eigenvalue weighted by atomic mass is 35.5. The highest BCUT2D eigenvalue weighted by Crippen LogP contribution is 2.24. The van der Waals surface area contributed by atoms with E-state index in [1.807, 2.05) is 42.5 Å². The molecule has 0 saturated carbocycles. The summed E-state index contributed by atoms with van der Waals surface area (Å²) in [5, 5.41) is 0.591. The van der Waals surface area contributed by atoms with E-state index in [4.69, 9.17) is 26.8 Å². The van der Waals surface area contributed by atoms with Crippen molar-refractivity contribution in [2.24, 2.45) is 5.73 Å². The third kappa shape index (κ3) is 4.66. The standard InChI is InChI=1S/C17H20ClNO2/c1-2-11-20-14-9-7-13(8-10-14)16(19)12-21-17-6-4-3-5-15(17)18/h3-10,16H,2,11-12,19H2,1H3. The first-order chi connectivity index (χ1) is 10.2. The van der Waals surface area contributed by atoms with E-state index in [-0.39, 0.29) is 6.04 Å². The van der Waals surface area contributed by atoms with Crippen molar-refractivity contribution >= 4 is 11.6 Å². The molecule has 0 aliphatic carbocycles. The van der Waals surface area contributed by atoms with Gasteiger partial charge in [0.2, 0.25) is 0 Å². The summed E-state index contributed by atoms with van der Waals surface area (Å²) in [6.45, 7) is 3.18. The lowest BCUT2D eigenvalue weighted by Gasteiger charge is -2.15. The molecule has 0 bridgehead atoms. The summed E-state index contributed by atoms with van der Waals surface area (Å²) in [5.41, 5.74) is 7.14. The van der Waals surface area contributed by atoms with Crippen molar-refractivity contribution < 1.29 is 9.47 Å². The van der Waals surface area contributed by atoms with Gasteiger partial charge in [-0.25, -0.2) is 0 Å². The molecule has 0 aliphatic rings. The smallest absolute Gasteiger partial charge is 0.137 e. The molecule has 21 heavy (non-hydrogen) atoms. The van der Waals surface area contributed by atoms with E-state index in [1.165, 1.54) is 0 Å². The van der Waals surface area contributed by atoms with Crippen LogP contribution in [0.15, 0.2) is 48.5 Å². The summed E-state index contributed by atoms with van der Waals surface area (Å²) in [7, 11) is 0. The molecule has 112 valence electrons. The van der Waals surface area contributed by atoms with Crippen molar-refractivity contribution in [2.75, 3.05) is 13.2 Å². The van der Waals surface area contributed by atoms with Crippen LogP contribution in [0.2, 0.25) is 5.02 Å². The predicted octanol–water partition coefficient (Wildman–Crippen LogP) is 4.21. The van der Waals surface area contributed by atoms with Crippen molar-refractivity contribution in [1.82, 2.24) is 0 Å². The van der Waals surface area contributed by atoms with Crippen LogP contribution < -0.4 is 15.2 Å². The molecule has 0 heterocycles. The molecule has 2 rings (SSSR count). The summed E-state index contributed by atoms with van der Waals surface area (Å²) in [6.07, 6.45) is 0.993. The zero-order valence-electron chi connectivity index (χ0n) is 12.1. The molecular weight excluding hydrogens is 286 g/mol. The second kappa shape index (κ2) is 7.91. The van der Waals surface area contributed by atoms with Crippen molar-refractivity contribution in [2.45, 2.75) is 19.4 Å². The first-order valence-electron chi connectivity index (χ1n) is 7.06. The first-order valence-corrected chi connectivity index (χ1v) is 7.44. The monoisotopic (exact) mass is 305 g/mol. The number of hydrogen-bond acceptors (Lipinski definition) is 3. The zero-order chi connectivity index (χ0) is 15.1. The van der Waals surface area contributed by atoms with Gasteiger partial charge in [-0.1, -0.05) is 42.8 Å². The van der Waals surface area contributed by atoms with Crippen LogP contribution >= 0.6 is 11.6 Å². The highest BCUT2D eigenvalue weighted by Gasteiger charge is 2.08. The summed E-state index contributed by atoms with van der Waals surface area (Å²) in [5.74, 6) is 1.51. The Hall–Kier alpha value is -1.71. The second-order valence-corrected chi connectivity index (χ2v) is 5.17. The fourth-order valence-corrected chi connectivity index (χ4v) is 2.06. The molecule has 2 aromatic rings. The van der Waals surface area contributed by atoms with Gasteiger partial charge in [-0.3, -0.25) is 0 Å². The van der Waals surface area contributed by atoms with Crippen molar-refractivity contribution in [1.29, 1.82) is 0 Å². The highest BCUT2D eigenvalue weighted by molar-refractivity contribution is 6.32. The lowest BCUT2D eigenvalue weighted by Crippen LogP contribution is -2.19. The van der Waals surface area contributed by atoms with E-state index in [2.05, 4.69) is 6.92 Å². The van der Waals surface area contributed by atoms with Gasteiger partial charge in [0.15, 0.2) is 0 Å². The number of rotatable bonds is 7. The minimum absolute atomic E-state index is 0.207. The van der Waals surface area contributed by atoms with Crippen molar-refractivity contribution in [3.8, 4) is 11.5 Å². The van der Waals surface area contributed by atoms with Gasteiger partial charge in [0.1, 0.15) is 18.1 Å². The Bertz CT molecular complexity index is 557. The SMILES string of the molecule is CCCOc1ccc(C(N)COc2ccccc2Cl)cc1. The Morgan fingerprint density at radius 3 is 2.43 bits per heavy atom. The lowest BCUT2D eigenvalue weighted by molar-refractivity contribution is 0.290. The number of ether oxygens (including phenoxy) is 2. The molecule has 0 fully saturated rings. The maximum atomic E-state index is 6.13. The molecule has 0 amide bonds. The summed E-state index contributed by atoms with van der Waals surface area (Å²) >= 11 is 6.04. The van der Waals surface area contributed by atoms with E-state index in [1.54, 1.807) is 6.07 Å². The minimum Gasteiger partial charge on any atom is -0.494 e. The van der Waals surface area contributed by atoms with Crippen LogP contribution in [-0.4, -0.2) is 13.2 Å². The maximum absolute atomic E-state index is 6.13. The Kier molecular flexibility index (Phi) is 5.90.